The summed E-state index contributed by atoms with van der Waals surface area (Å²) < 4.78 is 0. The second kappa shape index (κ2) is 13.4. The summed E-state index contributed by atoms with van der Waals surface area (Å²) in [5.74, 6) is -0.673. The van der Waals surface area contributed by atoms with Crippen LogP contribution in [-0.2, 0) is 27.3 Å². The molecule has 1 saturated heterocycles. The number of hydrogen-bond donors (Lipinski definition) is 3. The molecule has 10 heteroatoms. The summed E-state index contributed by atoms with van der Waals surface area (Å²) in [5, 5.41) is 14.5. The third kappa shape index (κ3) is 7.35. The molecule has 0 bridgehead atoms. The van der Waals surface area contributed by atoms with Crippen molar-refractivity contribution in [1.29, 1.82) is 0 Å². The molecule has 1 fully saturated rings. The van der Waals surface area contributed by atoms with Gasteiger partial charge < -0.3 is 20.3 Å². The first-order valence-electron chi connectivity index (χ1n) is 12.9. The van der Waals surface area contributed by atoms with Gasteiger partial charge in [-0.25, -0.2) is 9.78 Å². The van der Waals surface area contributed by atoms with E-state index in [9.17, 15) is 19.5 Å². The molecule has 1 aliphatic rings. The highest BCUT2D eigenvalue weighted by Gasteiger charge is 2.31. The molecular formula is C28H35N5O4S. The fraction of sp³-hybridized carbons (Fsp3) is 0.429. The summed E-state index contributed by atoms with van der Waals surface area (Å²) in [5.41, 5.74) is 1.86. The van der Waals surface area contributed by atoms with Gasteiger partial charge in [-0.2, -0.15) is 11.8 Å². The first-order valence-corrected chi connectivity index (χ1v) is 14.3. The number of aromatic nitrogens is 2. The summed E-state index contributed by atoms with van der Waals surface area (Å²) in [6, 6.07) is 13.3. The highest BCUT2D eigenvalue weighted by atomic mass is 32.2. The fourth-order valence-electron chi connectivity index (χ4n) is 5.09. The van der Waals surface area contributed by atoms with E-state index >= 15 is 0 Å². The van der Waals surface area contributed by atoms with Crippen molar-refractivity contribution < 1.29 is 19.5 Å². The van der Waals surface area contributed by atoms with Crippen LogP contribution >= 0.6 is 11.8 Å². The molecule has 202 valence electrons. The molecule has 2 atom stereocenters. The standard InChI is InChI=1S/C28H35N5O4S/c1-38-13-11-25(28(36)37)31-26(34)18-32(16-21-8-4-7-20-6-2-3-10-24(20)21)17-23-9-5-12-33(23)27(35)14-22-15-29-19-30-22/h2-4,6-8,10,15,19,23,25H,5,9,11-14,16-18H2,1H3,(H,29,30)(H,31,34)(H,36,37)/t23-,25-/m0/s1. The Morgan fingerprint density at radius 2 is 2.05 bits per heavy atom. The minimum Gasteiger partial charge on any atom is -0.480 e. The number of rotatable bonds is 13. The van der Waals surface area contributed by atoms with Crippen molar-refractivity contribution in [3.8, 4) is 0 Å². The number of amides is 2. The quantitative estimate of drug-likeness (QED) is 0.307. The van der Waals surface area contributed by atoms with Crippen molar-refractivity contribution in [2.45, 2.75) is 44.3 Å². The van der Waals surface area contributed by atoms with E-state index < -0.39 is 12.0 Å². The number of nitrogens with one attached hydrogen (secondary N) is 2. The van der Waals surface area contributed by atoms with Gasteiger partial charge in [0.15, 0.2) is 0 Å². The number of H-pyrrole nitrogens is 1. The van der Waals surface area contributed by atoms with Crippen molar-refractivity contribution in [2.24, 2.45) is 0 Å². The fourth-order valence-corrected chi connectivity index (χ4v) is 5.56. The molecule has 3 aromatic rings. The van der Waals surface area contributed by atoms with Crippen molar-refractivity contribution in [3.05, 3.63) is 66.2 Å². The molecule has 0 unspecified atom stereocenters. The molecule has 3 N–H and O–H groups in total. The monoisotopic (exact) mass is 537 g/mol. The second-order valence-electron chi connectivity index (χ2n) is 9.68. The zero-order valence-electron chi connectivity index (χ0n) is 21.6. The van der Waals surface area contributed by atoms with E-state index in [-0.39, 0.29) is 30.8 Å². The zero-order chi connectivity index (χ0) is 26.9. The molecular weight excluding hydrogens is 502 g/mol. The van der Waals surface area contributed by atoms with Crippen molar-refractivity contribution in [1.82, 2.24) is 25.1 Å². The number of carboxylic acid groups (broad SMARTS) is 1. The zero-order valence-corrected chi connectivity index (χ0v) is 22.5. The van der Waals surface area contributed by atoms with Crippen molar-refractivity contribution >= 4 is 40.3 Å². The molecule has 0 spiro atoms. The smallest absolute Gasteiger partial charge is 0.326 e. The number of benzene rings is 2. The third-order valence-electron chi connectivity index (χ3n) is 6.95. The number of fused-ring (bicyclic) bond motifs is 1. The van der Waals surface area contributed by atoms with Crippen LogP contribution in [0.4, 0.5) is 0 Å². The Kier molecular flexibility index (Phi) is 9.78. The van der Waals surface area contributed by atoms with E-state index in [4.69, 9.17) is 0 Å². The minimum absolute atomic E-state index is 0.0278. The van der Waals surface area contributed by atoms with Crippen LogP contribution in [0.5, 0.6) is 0 Å². The van der Waals surface area contributed by atoms with Crippen molar-refractivity contribution in [3.63, 3.8) is 0 Å². The van der Waals surface area contributed by atoms with Crippen LogP contribution < -0.4 is 5.32 Å². The number of carbonyl (C=O) groups is 3. The van der Waals surface area contributed by atoms with E-state index in [0.29, 0.717) is 31.8 Å². The van der Waals surface area contributed by atoms with Gasteiger partial charge in [0.1, 0.15) is 6.04 Å². The molecule has 1 aromatic heterocycles. The van der Waals surface area contributed by atoms with E-state index in [1.807, 2.05) is 34.3 Å². The van der Waals surface area contributed by atoms with Crippen LogP contribution in [0.2, 0.25) is 0 Å². The Balaban J connectivity index is 1.51. The SMILES string of the molecule is CSCC[C@H](NC(=O)CN(Cc1cccc2ccccc12)C[C@@H]1CCCN1C(=O)Cc1cnc[nH]1)C(=O)O. The third-order valence-corrected chi connectivity index (χ3v) is 7.59. The van der Waals surface area contributed by atoms with Gasteiger partial charge in [0.2, 0.25) is 11.8 Å². The Labute approximate surface area is 227 Å². The van der Waals surface area contributed by atoms with Gasteiger partial charge in [-0.15, -0.1) is 0 Å². The van der Waals surface area contributed by atoms with Crippen molar-refractivity contribution in [2.75, 3.05) is 31.6 Å². The maximum absolute atomic E-state index is 13.1. The van der Waals surface area contributed by atoms with Crippen LogP contribution in [0, 0.1) is 0 Å². The molecule has 38 heavy (non-hydrogen) atoms. The van der Waals surface area contributed by atoms with Gasteiger partial charge in [-0.3, -0.25) is 14.5 Å². The predicted molar refractivity (Wildman–Crippen MR) is 149 cm³/mol. The first-order chi connectivity index (χ1) is 18.4. The van der Waals surface area contributed by atoms with Gasteiger partial charge in [0, 0.05) is 37.6 Å². The first kappa shape index (κ1) is 27.7. The van der Waals surface area contributed by atoms with Gasteiger partial charge >= 0.3 is 5.97 Å². The lowest BCUT2D eigenvalue weighted by molar-refractivity contribution is -0.142. The predicted octanol–water partition coefficient (Wildman–Crippen LogP) is 2.92. The molecule has 0 aliphatic carbocycles. The number of likely N-dealkylation sites (tertiary alicyclic amines) is 1. The van der Waals surface area contributed by atoms with Gasteiger partial charge in [-0.05, 0) is 47.6 Å². The number of aliphatic carboxylic acids is 1. The Bertz CT molecular complexity index is 1230. The number of nitrogens with zero attached hydrogens (tertiary/aromatic N) is 3. The van der Waals surface area contributed by atoms with Gasteiger partial charge in [0.05, 0.1) is 19.3 Å². The lowest BCUT2D eigenvalue weighted by atomic mass is 10.0. The van der Waals surface area contributed by atoms with Crippen LogP contribution in [0.3, 0.4) is 0 Å². The molecule has 2 amide bonds. The van der Waals surface area contributed by atoms with Gasteiger partial charge in [0.25, 0.3) is 0 Å². The number of imidazole rings is 1. The average Bonchev–Trinajstić information content (AvgIpc) is 3.59. The number of carboxylic acids is 1. The molecule has 4 rings (SSSR count). The lowest BCUT2D eigenvalue weighted by Crippen LogP contribution is -2.49. The molecule has 9 nitrogen and oxygen atoms in total. The molecule has 0 saturated carbocycles. The molecule has 2 heterocycles. The summed E-state index contributed by atoms with van der Waals surface area (Å²) in [7, 11) is 0. The van der Waals surface area contributed by atoms with E-state index in [2.05, 4.69) is 39.6 Å². The molecule has 0 radical (unpaired) electrons. The minimum atomic E-state index is -1.03. The van der Waals surface area contributed by atoms with Crippen LogP contribution in [0.1, 0.15) is 30.5 Å². The Morgan fingerprint density at radius 3 is 2.82 bits per heavy atom. The second-order valence-corrected chi connectivity index (χ2v) is 10.7. The van der Waals surface area contributed by atoms with Crippen LogP contribution in [0.15, 0.2) is 55.0 Å². The Hall–Kier alpha value is -3.37. The molecule has 2 aromatic carbocycles. The number of thioether (sulfide) groups is 1. The molecule has 1 aliphatic heterocycles. The van der Waals surface area contributed by atoms with E-state index in [1.54, 1.807) is 24.3 Å². The summed E-state index contributed by atoms with van der Waals surface area (Å²) >= 11 is 1.55. The highest BCUT2D eigenvalue weighted by molar-refractivity contribution is 7.98. The summed E-state index contributed by atoms with van der Waals surface area (Å²) in [6.45, 7) is 1.76. The van der Waals surface area contributed by atoms with Crippen LogP contribution in [0.25, 0.3) is 10.8 Å². The number of carbonyl (C=O) groups excluding carboxylic acids is 2. The van der Waals surface area contributed by atoms with E-state index in [0.717, 1.165) is 34.9 Å². The number of aromatic amines is 1. The topological polar surface area (TPSA) is 119 Å². The largest absolute Gasteiger partial charge is 0.480 e. The van der Waals surface area contributed by atoms with E-state index in [1.165, 1.54) is 0 Å². The highest BCUT2D eigenvalue weighted by Crippen LogP contribution is 2.23. The number of hydrogen-bond acceptors (Lipinski definition) is 6. The Morgan fingerprint density at radius 1 is 1.24 bits per heavy atom. The van der Waals surface area contributed by atoms with Gasteiger partial charge in [-0.1, -0.05) is 42.5 Å². The normalized spacial score (nSPS) is 16.2. The maximum atomic E-state index is 13.1. The average molecular weight is 538 g/mol. The summed E-state index contributed by atoms with van der Waals surface area (Å²) in [6.07, 6.45) is 7.53. The van der Waals surface area contributed by atoms with Crippen LogP contribution in [-0.4, -0.2) is 86.4 Å². The lowest BCUT2D eigenvalue weighted by Gasteiger charge is -2.31. The summed E-state index contributed by atoms with van der Waals surface area (Å²) in [4.78, 5) is 48.8. The maximum Gasteiger partial charge on any atom is 0.326 e.